The van der Waals surface area contributed by atoms with E-state index < -0.39 is 11.7 Å². The standard InChI is InChI=1S/C15H28N2O3/c1-11-7-8-12(10-11)17-13(18)6-5-9-16-14(19)20-15(2,3)4/h11-12H,5-10H2,1-4H3,(H,16,19)(H,17,18). The Labute approximate surface area is 121 Å². The lowest BCUT2D eigenvalue weighted by Crippen LogP contribution is -2.35. The Balaban J connectivity index is 2.06. The number of amides is 2. The van der Waals surface area contributed by atoms with Gasteiger partial charge in [0.25, 0.3) is 0 Å². The van der Waals surface area contributed by atoms with E-state index in [0.29, 0.717) is 31.3 Å². The minimum atomic E-state index is -0.485. The van der Waals surface area contributed by atoms with Gasteiger partial charge in [0.15, 0.2) is 0 Å². The first-order valence-corrected chi connectivity index (χ1v) is 7.52. The zero-order valence-electron chi connectivity index (χ0n) is 13.1. The third-order valence-corrected chi connectivity index (χ3v) is 3.31. The fourth-order valence-electron chi connectivity index (χ4n) is 2.39. The van der Waals surface area contributed by atoms with Crippen LogP contribution < -0.4 is 10.6 Å². The number of hydrogen-bond acceptors (Lipinski definition) is 3. The van der Waals surface area contributed by atoms with Gasteiger partial charge in [-0.25, -0.2) is 4.79 Å². The van der Waals surface area contributed by atoms with Gasteiger partial charge in [-0.2, -0.15) is 0 Å². The Morgan fingerprint density at radius 3 is 2.50 bits per heavy atom. The topological polar surface area (TPSA) is 67.4 Å². The molecule has 0 aliphatic heterocycles. The molecule has 1 saturated carbocycles. The second kappa shape index (κ2) is 7.50. The van der Waals surface area contributed by atoms with Crippen LogP contribution in [-0.2, 0) is 9.53 Å². The van der Waals surface area contributed by atoms with E-state index >= 15 is 0 Å². The van der Waals surface area contributed by atoms with Gasteiger partial charge in [-0.05, 0) is 52.4 Å². The van der Waals surface area contributed by atoms with E-state index in [2.05, 4.69) is 17.6 Å². The Kier molecular flexibility index (Phi) is 6.30. The number of alkyl carbamates (subject to hydrolysis) is 1. The van der Waals surface area contributed by atoms with Crippen LogP contribution in [0.25, 0.3) is 0 Å². The Bertz CT molecular complexity index is 337. The summed E-state index contributed by atoms with van der Waals surface area (Å²) in [5, 5.41) is 5.71. The van der Waals surface area contributed by atoms with Gasteiger partial charge in [0.2, 0.25) is 5.91 Å². The smallest absolute Gasteiger partial charge is 0.407 e. The van der Waals surface area contributed by atoms with E-state index in [9.17, 15) is 9.59 Å². The van der Waals surface area contributed by atoms with Crippen molar-refractivity contribution in [1.82, 2.24) is 10.6 Å². The molecule has 0 aromatic carbocycles. The fourth-order valence-corrected chi connectivity index (χ4v) is 2.39. The number of hydrogen-bond donors (Lipinski definition) is 2. The van der Waals surface area contributed by atoms with Crippen molar-refractivity contribution in [3.05, 3.63) is 0 Å². The average Bonchev–Trinajstić information content (AvgIpc) is 2.68. The molecule has 0 saturated heterocycles. The summed E-state index contributed by atoms with van der Waals surface area (Å²) in [5.41, 5.74) is -0.485. The lowest BCUT2D eigenvalue weighted by molar-refractivity contribution is -0.121. The van der Waals surface area contributed by atoms with Crippen molar-refractivity contribution in [2.45, 2.75) is 71.4 Å². The first kappa shape index (κ1) is 16.8. The molecule has 20 heavy (non-hydrogen) atoms. The van der Waals surface area contributed by atoms with Crippen LogP contribution in [0.5, 0.6) is 0 Å². The molecule has 0 aromatic rings. The van der Waals surface area contributed by atoms with E-state index in [4.69, 9.17) is 4.74 Å². The summed E-state index contributed by atoms with van der Waals surface area (Å²) in [6.07, 6.45) is 4.02. The van der Waals surface area contributed by atoms with Crippen LogP contribution in [0.15, 0.2) is 0 Å². The lowest BCUT2D eigenvalue weighted by atomic mass is 10.1. The molecule has 2 atom stereocenters. The predicted octanol–water partition coefficient (Wildman–Crippen LogP) is 2.60. The second-order valence-electron chi connectivity index (χ2n) is 6.71. The van der Waals surface area contributed by atoms with Gasteiger partial charge in [0.1, 0.15) is 5.60 Å². The van der Waals surface area contributed by atoms with Crippen LogP contribution in [0.3, 0.4) is 0 Å². The summed E-state index contributed by atoms with van der Waals surface area (Å²) in [6, 6.07) is 0.344. The van der Waals surface area contributed by atoms with Crippen molar-refractivity contribution >= 4 is 12.0 Å². The fraction of sp³-hybridized carbons (Fsp3) is 0.867. The average molecular weight is 284 g/mol. The van der Waals surface area contributed by atoms with Crippen molar-refractivity contribution in [1.29, 1.82) is 0 Å². The summed E-state index contributed by atoms with van der Waals surface area (Å²) in [7, 11) is 0. The number of carbonyl (C=O) groups excluding carboxylic acids is 2. The predicted molar refractivity (Wildman–Crippen MR) is 78.4 cm³/mol. The molecule has 5 heteroatoms. The molecule has 2 amide bonds. The molecular formula is C15H28N2O3. The van der Waals surface area contributed by atoms with Crippen LogP contribution in [0.1, 0.15) is 59.8 Å². The molecule has 2 unspecified atom stereocenters. The number of carbonyl (C=O) groups is 2. The minimum absolute atomic E-state index is 0.0788. The third kappa shape index (κ3) is 7.36. The maximum atomic E-state index is 11.7. The van der Waals surface area contributed by atoms with E-state index in [0.717, 1.165) is 12.8 Å². The van der Waals surface area contributed by atoms with Crippen LogP contribution in [-0.4, -0.2) is 30.2 Å². The van der Waals surface area contributed by atoms with Gasteiger partial charge in [-0.15, -0.1) is 0 Å². The van der Waals surface area contributed by atoms with Crippen LogP contribution >= 0.6 is 0 Å². The van der Waals surface area contributed by atoms with Crippen LogP contribution in [0, 0.1) is 5.92 Å². The van der Waals surface area contributed by atoms with E-state index in [1.807, 2.05) is 20.8 Å². The minimum Gasteiger partial charge on any atom is -0.444 e. The lowest BCUT2D eigenvalue weighted by Gasteiger charge is -2.19. The molecule has 1 rings (SSSR count). The monoisotopic (exact) mass is 284 g/mol. The quantitative estimate of drug-likeness (QED) is 0.763. The highest BCUT2D eigenvalue weighted by Crippen LogP contribution is 2.24. The molecule has 1 fully saturated rings. The van der Waals surface area contributed by atoms with Crippen molar-refractivity contribution in [3.63, 3.8) is 0 Å². The van der Waals surface area contributed by atoms with Gasteiger partial charge in [-0.3, -0.25) is 4.79 Å². The maximum Gasteiger partial charge on any atom is 0.407 e. The van der Waals surface area contributed by atoms with E-state index in [1.54, 1.807) is 0 Å². The third-order valence-electron chi connectivity index (χ3n) is 3.31. The molecule has 0 radical (unpaired) electrons. The van der Waals surface area contributed by atoms with Crippen LogP contribution in [0.4, 0.5) is 4.79 Å². The highest BCUT2D eigenvalue weighted by atomic mass is 16.6. The van der Waals surface area contributed by atoms with Crippen molar-refractivity contribution < 1.29 is 14.3 Å². The van der Waals surface area contributed by atoms with Gasteiger partial charge >= 0.3 is 6.09 Å². The maximum absolute atomic E-state index is 11.7. The summed E-state index contributed by atoms with van der Waals surface area (Å²) in [6.45, 7) is 8.15. The van der Waals surface area contributed by atoms with E-state index in [1.165, 1.54) is 6.42 Å². The SMILES string of the molecule is CC1CCC(NC(=O)CCCNC(=O)OC(C)(C)C)C1. The Morgan fingerprint density at radius 1 is 1.25 bits per heavy atom. The Morgan fingerprint density at radius 2 is 1.95 bits per heavy atom. The number of rotatable bonds is 5. The molecule has 5 nitrogen and oxygen atoms in total. The molecule has 116 valence electrons. The first-order chi connectivity index (χ1) is 9.26. The summed E-state index contributed by atoms with van der Waals surface area (Å²) >= 11 is 0. The highest BCUT2D eigenvalue weighted by Gasteiger charge is 2.22. The molecule has 0 spiro atoms. The molecule has 2 N–H and O–H groups in total. The molecule has 0 aromatic heterocycles. The first-order valence-electron chi connectivity index (χ1n) is 7.52. The summed E-state index contributed by atoms with van der Waals surface area (Å²) in [5.74, 6) is 0.796. The highest BCUT2D eigenvalue weighted by molar-refractivity contribution is 5.76. The number of nitrogens with one attached hydrogen (secondary N) is 2. The zero-order chi connectivity index (χ0) is 15.2. The summed E-state index contributed by atoms with van der Waals surface area (Å²) < 4.78 is 5.11. The van der Waals surface area contributed by atoms with Gasteiger partial charge in [0.05, 0.1) is 0 Å². The normalized spacial score (nSPS) is 22.4. The van der Waals surface area contributed by atoms with Gasteiger partial charge in [0, 0.05) is 19.0 Å². The van der Waals surface area contributed by atoms with Gasteiger partial charge < -0.3 is 15.4 Å². The largest absolute Gasteiger partial charge is 0.444 e. The van der Waals surface area contributed by atoms with Gasteiger partial charge in [-0.1, -0.05) is 6.92 Å². The van der Waals surface area contributed by atoms with E-state index in [-0.39, 0.29) is 5.91 Å². The number of ether oxygens (including phenoxy) is 1. The van der Waals surface area contributed by atoms with Crippen molar-refractivity contribution in [2.75, 3.05) is 6.54 Å². The zero-order valence-corrected chi connectivity index (χ0v) is 13.1. The molecule has 1 aliphatic rings. The molecule has 0 bridgehead atoms. The van der Waals surface area contributed by atoms with Crippen LogP contribution in [0.2, 0.25) is 0 Å². The molecular weight excluding hydrogens is 256 g/mol. The second-order valence-corrected chi connectivity index (χ2v) is 6.71. The Hall–Kier alpha value is -1.26. The molecule has 1 aliphatic carbocycles. The van der Waals surface area contributed by atoms with Crippen molar-refractivity contribution in [2.24, 2.45) is 5.92 Å². The molecule has 0 heterocycles. The van der Waals surface area contributed by atoms with Crippen molar-refractivity contribution in [3.8, 4) is 0 Å². The summed E-state index contributed by atoms with van der Waals surface area (Å²) in [4.78, 5) is 23.1.